The topological polar surface area (TPSA) is 42.4 Å². The van der Waals surface area contributed by atoms with Crippen molar-refractivity contribution in [3.63, 3.8) is 0 Å². The van der Waals surface area contributed by atoms with E-state index >= 15 is 0 Å². The molecular weight excluding hydrogens is 226 g/mol. The van der Waals surface area contributed by atoms with E-state index in [1.165, 1.54) is 0 Å². The molecule has 18 heavy (non-hydrogen) atoms. The summed E-state index contributed by atoms with van der Waals surface area (Å²) < 4.78 is 5.33. The lowest BCUT2D eigenvalue weighted by Crippen LogP contribution is -2.04. The number of hydrogen-bond donors (Lipinski definition) is 1. The van der Waals surface area contributed by atoms with Gasteiger partial charge in [0.2, 0.25) is 5.88 Å². The zero-order valence-electron chi connectivity index (χ0n) is 10.6. The quantitative estimate of drug-likeness (QED) is 0.897. The van der Waals surface area contributed by atoms with Crippen LogP contribution in [-0.2, 0) is 0 Å². The number of nitrogens with zero attached hydrogens (tertiary/aromatic N) is 1. The molecule has 1 aromatic carbocycles. The van der Waals surface area contributed by atoms with Gasteiger partial charge < -0.3 is 9.84 Å². The van der Waals surface area contributed by atoms with Crippen LogP contribution < -0.4 is 4.74 Å². The van der Waals surface area contributed by atoms with Crippen LogP contribution in [0.1, 0.15) is 29.7 Å². The van der Waals surface area contributed by atoms with E-state index in [0.29, 0.717) is 12.5 Å². The zero-order valence-corrected chi connectivity index (χ0v) is 10.6. The molecule has 0 unspecified atom stereocenters. The normalized spacial score (nSPS) is 12.2. The molecule has 1 aromatic heterocycles. The lowest BCUT2D eigenvalue weighted by Gasteiger charge is -2.14. The van der Waals surface area contributed by atoms with Gasteiger partial charge in [0.15, 0.2) is 0 Å². The summed E-state index contributed by atoms with van der Waals surface area (Å²) in [6.45, 7) is 4.46. The van der Waals surface area contributed by atoms with E-state index in [1.807, 2.05) is 50.2 Å². The highest BCUT2D eigenvalue weighted by Gasteiger charge is 2.13. The van der Waals surface area contributed by atoms with Gasteiger partial charge in [0.25, 0.3) is 0 Å². The molecule has 1 N–H and O–H groups in total. The minimum Gasteiger partial charge on any atom is -0.478 e. The number of benzene rings is 1. The Kier molecular flexibility index (Phi) is 3.95. The maximum Gasteiger partial charge on any atom is 0.213 e. The largest absolute Gasteiger partial charge is 0.478 e. The highest BCUT2D eigenvalue weighted by molar-refractivity contribution is 5.35. The van der Waals surface area contributed by atoms with E-state index in [4.69, 9.17) is 4.74 Å². The van der Waals surface area contributed by atoms with E-state index in [0.717, 1.165) is 16.7 Å². The van der Waals surface area contributed by atoms with E-state index < -0.39 is 6.10 Å². The Labute approximate surface area is 107 Å². The Morgan fingerprint density at radius 2 is 2.00 bits per heavy atom. The molecular formula is C15H17NO2. The molecule has 1 atom stereocenters. The van der Waals surface area contributed by atoms with Gasteiger partial charge in [-0.05, 0) is 25.0 Å². The van der Waals surface area contributed by atoms with Gasteiger partial charge >= 0.3 is 0 Å². The molecule has 3 nitrogen and oxygen atoms in total. The van der Waals surface area contributed by atoms with E-state index in [-0.39, 0.29) is 0 Å². The van der Waals surface area contributed by atoms with Gasteiger partial charge in [-0.3, -0.25) is 0 Å². The summed E-state index contributed by atoms with van der Waals surface area (Å²) in [6, 6.07) is 11.4. The van der Waals surface area contributed by atoms with Crippen LogP contribution in [0.15, 0.2) is 42.6 Å². The van der Waals surface area contributed by atoms with Crippen LogP contribution in [0.5, 0.6) is 5.88 Å². The zero-order chi connectivity index (χ0) is 13.0. The number of pyridine rings is 1. The van der Waals surface area contributed by atoms with E-state index in [1.54, 1.807) is 6.20 Å². The molecule has 0 aliphatic carbocycles. The van der Waals surface area contributed by atoms with Crippen LogP contribution in [0.25, 0.3) is 0 Å². The number of hydrogen-bond acceptors (Lipinski definition) is 3. The van der Waals surface area contributed by atoms with Crippen LogP contribution in [0.3, 0.4) is 0 Å². The second-order valence-electron chi connectivity index (χ2n) is 4.13. The van der Waals surface area contributed by atoms with E-state index in [9.17, 15) is 5.11 Å². The minimum atomic E-state index is -0.644. The number of ether oxygens (including phenoxy) is 1. The third-order valence-corrected chi connectivity index (χ3v) is 2.83. The van der Waals surface area contributed by atoms with Gasteiger partial charge in [-0.25, -0.2) is 4.98 Å². The first-order valence-electron chi connectivity index (χ1n) is 6.04. The van der Waals surface area contributed by atoms with Crippen LogP contribution >= 0.6 is 0 Å². The average Bonchev–Trinajstić information content (AvgIpc) is 2.40. The van der Waals surface area contributed by atoms with Gasteiger partial charge in [0.1, 0.15) is 6.10 Å². The summed E-state index contributed by atoms with van der Waals surface area (Å²) in [5.74, 6) is 0.596. The Hall–Kier alpha value is -1.87. The molecule has 3 heteroatoms. The molecule has 0 aliphatic rings. The summed E-state index contributed by atoms with van der Waals surface area (Å²) in [6.07, 6.45) is 1.03. The molecule has 94 valence electrons. The molecule has 0 amide bonds. The second-order valence-corrected chi connectivity index (χ2v) is 4.13. The second kappa shape index (κ2) is 5.65. The summed E-state index contributed by atoms with van der Waals surface area (Å²) in [7, 11) is 0. The Morgan fingerprint density at radius 3 is 2.61 bits per heavy atom. The molecule has 1 heterocycles. The van der Waals surface area contributed by atoms with Crippen molar-refractivity contribution in [1.29, 1.82) is 0 Å². The SMILES string of the molecule is CCOc1cc(C)c([C@H](O)c2ccccc2)cn1. The molecule has 0 bridgehead atoms. The third kappa shape index (κ3) is 2.68. The number of rotatable bonds is 4. The summed E-state index contributed by atoms with van der Waals surface area (Å²) in [4.78, 5) is 4.19. The number of aromatic nitrogens is 1. The van der Waals surface area contributed by atoms with Crippen LogP contribution in [0.2, 0.25) is 0 Å². The summed E-state index contributed by atoms with van der Waals surface area (Å²) >= 11 is 0. The molecule has 0 radical (unpaired) electrons. The van der Waals surface area contributed by atoms with Gasteiger partial charge in [0.05, 0.1) is 6.61 Å². The maximum absolute atomic E-state index is 10.3. The van der Waals surface area contributed by atoms with Crippen molar-refractivity contribution in [1.82, 2.24) is 4.98 Å². The van der Waals surface area contributed by atoms with Crippen molar-refractivity contribution in [3.8, 4) is 5.88 Å². The fourth-order valence-corrected chi connectivity index (χ4v) is 1.87. The Bertz CT molecular complexity index is 511. The highest BCUT2D eigenvalue weighted by Crippen LogP contribution is 2.25. The molecule has 2 rings (SSSR count). The number of aliphatic hydroxyl groups excluding tert-OH is 1. The van der Waals surface area contributed by atoms with Crippen molar-refractivity contribution in [3.05, 3.63) is 59.3 Å². The minimum absolute atomic E-state index is 0.590. The standard InChI is InChI=1S/C15H17NO2/c1-3-18-14-9-11(2)13(10-16-14)15(17)12-7-5-4-6-8-12/h4-10,15,17H,3H2,1-2H3/t15-/m1/s1. The molecule has 0 spiro atoms. The van der Waals surface area contributed by atoms with Crippen molar-refractivity contribution >= 4 is 0 Å². The fourth-order valence-electron chi connectivity index (χ4n) is 1.87. The van der Waals surface area contributed by atoms with Crippen molar-refractivity contribution < 1.29 is 9.84 Å². The van der Waals surface area contributed by atoms with Crippen LogP contribution in [0.4, 0.5) is 0 Å². The lowest BCUT2D eigenvalue weighted by molar-refractivity contribution is 0.218. The van der Waals surface area contributed by atoms with Gasteiger partial charge in [-0.1, -0.05) is 30.3 Å². The molecule has 2 aromatic rings. The predicted molar refractivity (Wildman–Crippen MR) is 70.6 cm³/mol. The monoisotopic (exact) mass is 243 g/mol. The third-order valence-electron chi connectivity index (χ3n) is 2.83. The van der Waals surface area contributed by atoms with Gasteiger partial charge in [-0.2, -0.15) is 0 Å². The first kappa shape index (κ1) is 12.6. The Morgan fingerprint density at radius 1 is 1.28 bits per heavy atom. The molecule has 0 saturated carbocycles. The smallest absolute Gasteiger partial charge is 0.213 e. The first-order chi connectivity index (χ1) is 8.72. The fraction of sp³-hybridized carbons (Fsp3) is 0.267. The summed E-state index contributed by atoms with van der Waals surface area (Å²) in [5.41, 5.74) is 2.65. The van der Waals surface area contributed by atoms with Gasteiger partial charge in [-0.15, -0.1) is 0 Å². The maximum atomic E-state index is 10.3. The number of aliphatic hydroxyl groups is 1. The van der Waals surface area contributed by atoms with E-state index in [2.05, 4.69) is 4.98 Å². The molecule has 0 fully saturated rings. The van der Waals surface area contributed by atoms with Gasteiger partial charge in [0, 0.05) is 17.8 Å². The first-order valence-corrected chi connectivity index (χ1v) is 6.04. The Balaban J connectivity index is 2.28. The molecule has 0 saturated heterocycles. The van der Waals surface area contributed by atoms with Crippen molar-refractivity contribution in [2.45, 2.75) is 20.0 Å². The van der Waals surface area contributed by atoms with Crippen LogP contribution in [0, 0.1) is 6.92 Å². The lowest BCUT2D eigenvalue weighted by atomic mass is 9.99. The average molecular weight is 243 g/mol. The highest BCUT2D eigenvalue weighted by atomic mass is 16.5. The van der Waals surface area contributed by atoms with Crippen molar-refractivity contribution in [2.75, 3.05) is 6.61 Å². The van der Waals surface area contributed by atoms with Crippen LogP contribution in [-0.4, -0.2) is 16.7 Å². The molecule has 0 aliphatic heterocycles. The summed E-state index contributed by atoms with van der Waals surface area (Å²) in [5, 5.41) is 10.3. The predicted octanol–water partition coefficient (Wildman–Crippen LogP) is 2.87. The number of aryl methyl sites for hydroxylation is 1. The van der Waals surface area contributed by atoms with Crippen molar-refractivity contribution in [2.24, 2.45) is 0 Å².